The summed E-state index contributed by atoms with van der Waals surface area (Å²) in [5.41, 5.74) is 5.28. The van der Waals surface area contributed by atoms with Crippen molar-refractivity contribution in [2.24, 2.45) is 17.6 Å². The highest BCUT2D eigenvalue weighted by molar-refractivity contribution is 5.80. The van der Waals surface area contributed by atoms with E-state index in [9.17, 15) is 4.79 Å². The van der Waals surface area contributed by atoms with Crippen LogP contribution < -0.4 is 5.73 Å². The molecule has 2 aliphatic carbocycles. The molecule has 0 bridgehead atoms. The van der Waals surface area contributed by atoms with Gasteiger partial charge in [0, 0.05) is 6.42 Å². The fourth-order valence-electron chi connectivity index (χ4n) is 3.43. The van der Waals surface area contributed by atoms with Gasteiger partial charge in [-0.15, -0.1) is 0 Å². The number of methoxy groups -OCH3 is 1. The summed E-state index contributed by atoms with van der Waals surface area (Å²) in [6.45, 7) is 4.62. The zero-order valence-electron chi connectivity index (χ0n) is 12.4. The van der Waals surface area contributed by atoms with Crippen molar-refractivity contribution in [1.29, 1.82) is 0 Å². The predicted molar refractivity (Wildman–Crippen MR) is 73.6 cm³/mol. The molecule has 110 valence electrons. The topological polar surface area (TPSA) is 61.5 Å². The molecule has 2 N–H and O–H groups in total. The maximum Gasteiger partial charge on any atom is 0.325 e. The first-order valence-corrected chi connectivity index (χ1v) is 7.47. The van der Waals surface area contributed by atoms with E-state index in [0.29, 0.717) is 18.9 Å². The average molecular weight is 269 g/mol. The first-order valence-electron chi connectivity index (χ1n) is 7.47. The van der Waals surface area contributed by atoms with E-state index in [1.54, 1.807) is 0 Å². The molecular formula is C15H27NO3. The summed E-state index contributed by atoms with van der Waals surface area (Å²) < 4.78 is 11.0. The Balaban J connectivity index is 1.84. The first-order chi connectivity index (χ1) is 8.94. The van der Waals surface area contributed by atoms with Gasteiger partial charge in [0.15, 0.2) is 0 Å². The van der Waals surface area contributed by atoms with E-state index in [2.05, 4.69) is 13.8 Å². The summed E-state index contributed by atoms with van der Waals surface area (Å²) in [5.74, 6) is 1.22. The lowest BCUT2D eigenvalue weighted by Crippen LogP contribution is -2.47. The fourth-order valence-corrected chi connectivity index (χ4v) is 3.43. The lowest BCUT2D eigenvalue weighted by atomic mass is 9.80. The minimum absolute atomic E-state index is 0.120. The molecule has 2 aliphatic rings. The molecule has 5 unspecified atom stereocenters. The van der Waals surface area contributed by atoms with E-state index in [1.165, 1.54) is 13.5 Å². The van der Waals surface area contributed by atoms with Gasteiger partial charge in [-0.2, -0.15) is 0 Å². The summed E-state index contributed by atoms with van der Waals surface area (Å²) in [6, 6.07) is 0. The predicted octanol–water partition coefficient (Wildman–Crippen LogP) is 2.25. The third-order valence-corrected chi connectivity index (χ3v) is 5.03. The molecule has 4 nitrogen and oxygen atoms in total. The van der Waals surface area contributed by atoms with Gasteiger partial charge in [-0.3, -0.25) is 4.79 Å². The fraction of sp³-hybridized carbons (Fsp3) is 0.933. The van der Waals surface area contributed by atoms with Crippen LogP contribution in [0.5, 0.6) is 0 Å². The van der Waals surface area contributed by atoms with E-state index >= 15 is 0 Å². The number of carbonyl (C=O) groups excluding carboxylic acids is 1. The van der Waals surface area contributed by atoms with Gasteiger partial charge in [-0.05, 0) is 43.9 Å². The van der Waals surface area contributed by atoms with Crippen molar-refractivity contribution in [2.75, 3.05) is 7.11 Å². The lowest BCUT2D eigenvalue weighted by Gasteiger charge is -2.33. The van der Waals surface area contributed by atoms with Crippen LogP contribution in [0.25, 0.3) is 0 Å². The molecule has 5 atom stereocenters. The molecule has 0 aromatic carbocycles. The van der Waals surface area contributed by atoms with Gasteiger partial charge in [-0.25, -0.2) is 0 Å². The SMILES string of the molecule is COC(=O)C1(N)CCC(OC2CCC(C)C(C)C2)C1. The van der Waals surface area contributed by atoms with Crippen molar-refractivity contribution in [3.63, 3.8) is 0 Å². The second-order valence-electron chi connectivity index (χ2n) is 6.54. The van der Waals surface area contributed by atoms with E-state index in [-0.39, 0.29) is 12.1 Å². The molecule has 0 aromatic heterocycles. The van der Waals surface area contributed by atoms with E-state index in [1.807, 2.05) is 0 Å². The van der Waals surface area contributed by atoms with Crippen molar-refractivity contribution >= 4 is 5.97 Å². The van der Waals surface area contributed by atoms with Crippen molar-refractivity contribution < 1.29 is 14.3 Å². The smallest absolute Gasteiger partial charge is 0.325 e. The Labute approximate surface area is 116 Å². The van der Waals surface area contributed by atoms with E-state index < -0.39 is 5.54 Å². The summed E-state index contributed by atoms with van der Waals surface area (Å²) in [4.78, 5) is 11.7. The van der Waals surface area contributed by atoms with Crippen LogP contribution in [0.1, 0.15) is 52.4 Å². The molecule has 0 amide bonds. The van der Waals surface area contributed by atoms with Gasteiger partial charge in [-0.1, -0.05) is 13.8 Å². The molecular weight excluding hydrogens is 242 g/mol. The standard InChI is InChI=1S/C15H27NO3/c1-10-4-5-12(8-11(10)2)19-13-6-7-15(16,9-13)14(17)18-3/h10-13H,4-9,16H2,1-3H3. The Bertz CT molecular complexity index is 333. The van der Waals surface area contributed by atoms with E-state index in [4.69, 9.17) is 15.2 Å². The summed E-state index contributed by atoms with van der Waals surface area (Å²) in [7, 11) is 1.40. The van der Waals surface area contributed by atoms with Gasteiger partial charge in [0.05, 0.1) is 19.3 Å². The monoisotopic (exact) mass is 269 g/mol. The van der Waals surface area contributed by atoms with Crippen molar-refractivity contribution in [2.45, 2.75) is 70.1 Å². The third-order valence-electron chi connectivity index (χ3n) is 5.03. The normalized spacial score (nSPS) is 43.2. The zero-order valence-corrected chi connectivity index (χ0v) is 12.4. The second-order valence-corrected chi connectivity index (χ2v) is 6.54. The van der Waals surface area contributed by atoms with Crippen LogP contribution in [0.3, 0.4) is 0 Å². The Morgan fingerprint density at radius 2 is 1.89 bits per heavy atom. The molecule has 0 saturated heterocycles. The maximum atomic E-state index is 11.7. The molecule has 4 heteroatoms. The molecule has 2 saturated carbocycles. The average Bonchev–Trinajstić information content (AvgIpc) is 2.76. The quantitative estimate of drug-likeness (QED) is 0.798. The van der Waals surface area contributed by atoms with Crippen LogP contribution in [0, 0.1) is 11.8 Å². The highest BCUT2D eigenvalue weighted by Crippen LogP contribution is 2.36. The number of hydrogen-bond donors (Lipinski definition) is 1. The van der Waals surface area contributed by atoms with Crippen LogP contribution >= 0.6 is 0 Å². The molecule has 0 radical (unpaired) electrons. The lowest BCUT2D eigenvalue weighted by molar-refractivity contribution is -0.147. The number of carbonyl (C=O) groups is 1. The molecule has 0 aliphatic heterocycles. The number of nitrogens with two attached hydrogens (primary N) is 1. The second kappa shape index (κ2) is 5.80. The maximum absolute atomic E-state index is 11.7. The van der Waals surface area contributed by atoms with Gasteiger partial charge in [0.1, 0.15) is 5.54 Å². The first kappa shape index (κ1) is 14.8. The summed E-state index contributed by atoms with van der Waals surface area (Å²) in [5, 5.41) is 0. The van der Waals surface area contributed by atoms with Crippen molar-refractivity contribution in [3.8, 4) is 0 Å². The van der Waals surface area contributed by atoms with Crippen LogP contribution in [0.4, 0.5) is 0 Å². The van der Waals surface area contributed by atoms with E-state index in [0.717, 1.165) is 31.1 Å². The largest absolute Gasteiger partial charge is 0.468 e. The molecule has 0 spiro atoms. The molecule has 2 fully saturated rings. The minimum atomic E-state index is -0.826. The zero-order chi connectivity index (χ0) is 14.0. The molecule has 0 aromatic rings. The van der Waals surface area contributed by atoms with Crippen LogP contribution in [0.2, 0.25) is 0 Å². The number of esters is 1. The number of hydrogen-bond acceptors (Lipinski definition) is 4. The van der Waals surface area contributed by atoms with Gasteiger partial charge >= 0.3 is 5.97 Å². The Morgan fingerprint density at radius 3 is 2.53 bits per heavy atom. The molecule has 2 rings (SSSR count). The minimum Gasteiger partial charge on any atom is -0.468 e. The Hall–Kier alpha value is -0.610. The van der Waals surface area contributed by atoms with Gasteiger partial charge in [0.2, 0.25) is 0 Å². The van der Waals surface area contributed by atoms with Gasteiger partial charge in [0.25, 0.3) is 0 Å². The highest BCUT2D eigenvalue weighted by Gasteiger charge is 2.44. The third kappa shape index (κ3) is 3.29. The van der Waals surface area contributed by atoms with Crippen LogP contribution in [0.15, 0.2) is 0 Å². The van der Waals surface area contributed by atoms with Crippen LogP contribution in [-0.4, -0.2) is 30.8 Å². The van der Waals surface area contributed by atoms with Gasteiger partial charge < -0.3 is 15.2 Å². The molecule has 19 heavy (non-hydrogen) atoms. The summed E-state index contributed by atoms with van der Waals surface area (Å²) in [6.07, 6.45) is 6.11. The Morgan fingerprint density at radius 1 is 1.16 bits per heavy atom. The number of ether oxygens (including phenoxy) is 2. The molecule has 0 heterocycles. The van der Waals surface area contributed by atoms with Crippen LogP contribution in [-0.2, 0) is 14.3 Å². The van der Waals surface area contributed by atoms with Crippen molar-refractivity contribution in [1.82, 2.24) is 0 Å². The highest BCUT2D eigenvalue weighted by atomic mass is 16.5. The summed E-state index contributed by atoms with van der Waals surface area (Å²) >= 11 is 0. The number of rotatable bonds is 3. The Kier molecular flexibility index (Phi) is 4.51. The van der Waals surface area contributed by atoms with Crippen molar-refractivity contribution in [3.05, 3.63) is 0 Å².